The van der Waals surface area contributed by atoms with Gasteiger partial charge in [0.1, 0.15) is 11.6 Å². The van der Waals surface area contributed by atoms with Gasteiger partial charge in [-0.2, -0.15) is 0 Å². The third kappa shape index (κ3) is 8.64. The van der Waals surface area contributed by atoms with E-state index in [0.717, 1.165) is 30.5 Å². The van der Waals surface area contributed by atoms with Crippen LogP contribution >= 0.6 is 0 Å². The number of halogens is 1. The number of amides is 4. The van der Waals surface area contributed by atoms with Crippen molar-refractivity contribution in [3.8, 4) is 23.1 Å². The molecule has 0 unspecified atom stereocenters. The standard InChI is InChI=1S/C36H42FN5O7/c1-4-27-34(45)39-21-22-11-13-29(26(37)18-22)49-31-20-24(12-14-30(31)47-2)33(44)38-15-7-17-42(16-6-10-32(43)40-27)36(46)25-19-23-8-5-9-28(23)41-35(25)48-3/h11-14,18-20,27H,4-10,15-17,21H2,1-3H3,(H,38,44)(H,39,45)(H,40,43)/t27-/m0/s1. The highest BCUT2D eigenvalue weighted by atomic mass is 19.1. The summed E-state index contributed by atoms with van der Waals surface area (Å²) in [6.45, 7) is 2.59. The number of carbonyl (C=O) groups excluding carboxylic acids is 4. The molecule has 260 valence electrons. The predicted molar refractivity (Wildman–Crippen MR) is 178 cm³/mol. The lowest BCUT2D eigenvalue weighted by molar-refractivity contribution is -0.129. The van der Waals surface area contributed by atoms with Crippen LogP contribution in [0, 0.1) is 5.82 Å². The fourth-order valence-corrected chi connectivity index (χ4v) is 5.94. The van der Waals surface area contributed by atoms with Crippen LogP contribution < -0.4 is 30.2 Å². The molecule has 49 heavy (non-hydrogen) atoms. The number of pyridine rings is 1. The minimum atomic E-state index is -0.788. The fourth-order valence-electron chi connectivity index (χ4n) is 5.94. The van der Waals surface area contributed by atoms with Crippen LogP contribution in [0.2, 0.25) is 0 Å². The Hall–Kier alpha value is -5.20. The SMILES string of the molecule is CC[C@@H]1NC(=O)CCCN(C(=O)c2cc3c(nc2OC)CCC3)CCCNC(=O)c2ccc(OC)c(c2)Oc2ccc(cc2F)CNC1=O. The highest BCUT2D eigenvalue weighted by molar-refractivity contribution is 5.97. The van der Waals surface area contributed by atoms with Crippen LogP contribution in [-0.2, 0) is 29.0 Å². The molecule has 1 aliphatic carbocycles. The van der Waals surface area contributed by atoms with Crippen LogP contribution in [-0.4, -0.2) is 73.4 Å². The summed E-state index contributed by atoms with van der Waals surface area (Å²) in [5, 5.41) is 8.39. The van der Waals surface area contributed by atoms with Crippen LogP contribution in [0.25, 0.3) is 0 Å². The molecule has 1 aromatic heterocycles. The lowest BCUT2D eigenvalue weighted by Gasteiger charge is -2.24. The molecule has 0 fully saturated rings. The average Bonchev–Trinajstić information content (AvgIpc) is 3.57. The molecule has 3 aliphatic rings. The smallest absolute Gasteiger partial charge is 0.259 e. The van der Waals surface area contributed by atoms with Gasteiger partial charge in [0, 0.05) is 43.9 Å². The van der Waals surface area contributed by atoms with Gasteiger partial charge in [0.15, 0.2) is 23.1 Å². The molecule has 2 aromatic carbocycles. The molecule has 0 saturated heterocycles. The number of benzene rings is 2. The minimum absolute atomic E-state index is 0.0272. The third-order valence-corrected chi connectivity index (χ3v) is 8.62. The number of carbonyl (C=O) groups is 4. The second-order valence-corrected chi connectivity index (χ2v) is 12.0. The summed E-state index contributed by atoms with van der Waals surface area (Å²) >= 11 is 0. The lowest BCUT2D eigenvalue weighted by atomic mass is 10.1. The number of ether oxygens (including phenoxy) is 3. The van der Waals surface area contributed by atoms with Gasteiger partial charge in [0.2, 0.25) is 17.7 Å². The first-order chi connectivity index (χ1) is 23.7. The highest BCUT2D eigenvalue weighted by Crippen LogP contribution is 2.34. The normalized spacial score (nSPS) is 17.7. The van der Waals surface area contributed by atoms with Gasteiger partial charge in [-0.1, -0.05) is 13.0 Å². The van der Waals surface area contributed by atoms with E-state index in [-0.39, 0.29) is 73.3 Å². The monoisotopic (exact) mass is 675 g/mol. The van der Waals surface area contributed by atoms with Crippen molar-refractivity contribution in [1.29, 1.82) is 0 Å². The molecule has 1 atom stereocenters. The van der Waals surface area contributed by atoms with Gasteiger partial charge < -0.3 is 35.1 Å². The first-order valence-corrected chi connectivity index (χ1v) is 16.6. The Morgan fingerprint density at radius 3 is 2.53 bits per heavy atom. The van der Waals surface area contributed by atoms with Crippen LogP contribution in [0.3, 0.4) is 0 Å². The number of hydrogen-bond acceptors (Lipinski definition) is 8. The number of hydrogen-bond donors (Lipinski definition) is 3. The molecule has 3 N–H and O–H groups in total. The van der Waals surface area contributed by atoms with Crippen molar-refractivity contribution in [2.75, 3.05) is 33.9 Å². The highest BCUT2D eigenvalue weighted by Gasteiger charge is 2.26. The van der Waals surface area contributed by atoms with Gasteiger partial charge in [0.25, 0.3) is 11.8 Å². The van der Waals surface area contributed by atoms with Crippen LogP contribution in [0.15, 0.2) is 42.5 Å². The molecule has 13 heteroatoms. The zero-order valence-electron chi connectivity index (χ0n) is 28.0. The molecule has 4 amide bonds. The maximum atomic E-state index is 15.1. The third-order valence-electron chi connectivity index (χ3n) is 8.62. The summed E-state index contributed by atoms with van der Waals surface area (Å²) in [7, 11) is 2.92. The van der Waals surface area contributed by atoms with Crippen LogP contribution in [0.4, 0.5) is 4.39 Å². The molecule has 4 bridgehead atoms. The maximum Gasteiger partial charge on any atom is 0.259 e. The second-order valence-electron chi connectivity index (χ2n) is 12.0. The fraction of sp³-hybridized carbons (Fsp3) is 0.417. The summed E-state index contributed by atoms with van der Waals surface area (Å²) in [5.74, 6) is -1.46. The summed E-state index contributed by atoms with van der Waals surface area (Å²) in [6.07, 6.45) is 3.81. The van der Waals surface area contributed by atoms with Gasteiger partial charge >= 0.3 is 0 Å². The van der Waals surface area contributed by atoms with Crippen molar-refractivity contribution >= 4 is 23.6 Å². The van der Waals surface area contributed by atoms with E-state index >= 15 is 4.39 Å². The molecular weight excluding hydrogens is 633 g/mol. The molecule has 6 rings (SSSR count). The summed E-state index contributed by atoms with van der Waals surface area (Å²) in [4.78, 5) is 59.1. The van der Waals surface area contributed by atoms with Gasteiger partial charge in [-0.05, 0) is 86.1 Å². The van der Waals surface area contributed by atoms with E-state index in [1.54, 1.807) is 30.0 Å². The van der Waals surface area contributed by atoms with Crippen molar-refractivity contribution in [1.82, 2.24) is 25.8 Å². The van der Waals surface area contributed by atoms with Crippen molar-refractivity contribution < 1.29 is 37.8 Å². The zero-order valence-corrected chi connectivity index (χ0v) is 28.0. The minimum Gasteiger partial charge on any atom is -0.493 e. The number of nitrogens with zero attached hydrogens (tertiary/aromatic N) is 2. The van der Waals surface area contributed by atoms with E-state index in [4.69, 9.17) is 14.2 Å². The average molecular weight is 676 g/mol. The molecule has 0 saturated carbocycles. The summed E-state index contributed by atoms with van der Waals surface area (Å²) in [6, 6.07) is 9.95. The number of rotatable bonds is 4. The Bertz CT molecular complexity index is 1720. The predicted octanol–water partition coefficient (Wildman–Crippen LogP) is 4.09. The van der Waals surface area contributed by atoms with Gasteiger partial charge in [-0.15, -0.1) is 0 Å². The Labute approximate surface area is 284 Å². The van der Waals surface area contributed by atoms with E-state index < -0.39 is 17.8 Å². The van der Waals surface area contributed by atoms with Crippen molar-refractivity contribution in [2.24, 2.45) is 0 Å². The Balaban J connectivity index is 1.38. The van der Waals surface area contributed by atoms with Gasteiger partial charge in [-0.3, -0.25) is 19.2 Å². The van der Waals surface area contributed by atoms with Crippen LogP contribution in [0.5, 0.6) is 23.1 Å². The first kappa shape index (κ1) is 35.1. The number of nitrogens with one attached hydrogen (secondary N) is 3. The van der Waals surface area contributed by atoms with Gasteiger partial charge in [0.05, 0.1) is 14.2 Å². The van der Waals surface area contributed by atoms with E-state index in [1.165, 1.54) is 32.4 Å². The van der Waals surface area contributed by atoms with Crippen molar-refractivity contribution in [2.45, 2.75) is 64.5 Å². The number of methoxy groups -OCH3 is 2. The second kappa shape index (κ2) is 16.3. The Morgan fingerprint density at radius 2 is 1.78 bits per heavy atom. The topological polar surface area (TPSA) is 148 Å². The van der Waals surface area contributed by atoms with Crippen molar-refractivity contribution in [3.05, 3.63) is 76.2 Å². The maximum absolute atomic E-state index is 15.1. The largest absolute Gasteiger partial charge is 0.493 e. The van der Waals surface area contributed by atoms with E-state index in [0.29, 0.717) is 36.1 Å². The molecule has 0 spiro atoms. The van der Waals surface area contributed by atoms with Gasteiger partial charge in [-0.25, -0.2) is 9.37 Å². The Kier molecular flexibility index (Phi) is 11.7. The quantitative estimate of drug-likeness (QED) is 0.375. The Morgan fingerprint density at radius 1 is 0.959 bits per heavy atom. The molecule has 12 nitrogen and oxygen atoms in total. The molecule has 0 radical (unpaired) electrons. The van der Waals surface area contributed by atoms with E-state index in [2.05, 4.69) is 20.9 Å². The molecular formula is C36H42FN5O7. The molecule has 2 aliphatic heterocycles. The molecule has 3 heterocycles. The summed E-state index contributed by atoms with van der Waals surface area (Å²) < 4.78 is 31.8. The lowest BCUT2D eigenvalue weighted by Crippen LogP contribution is -2.46. The number of aromatic nitrogens is 1. The number of aryl methyl sites for hydroxylation is 2. The molecule has 3 aromatic rings. The van der Waals surface area contributed by atoms with E-state index in [1.807, 2.05) is 6.07 Å². The van der Waals surface area contributed by atoms with E-state index in [9.17, 15) is 19.2 Å². The van der Waals surface area contributed by atoms with Crippen LogP contribution in [0.1, 0.15) is 76.6 Å². The van der Waals surface area contributed by atoms with Crippen molar-refractivity contribution in [3.63, 3.8) is 0 Å². The number of fused-ring (bicyclic) bond motifs is 17. The zero-order chi connectivity index (χ0) is 34.9. The first-order valence-electron chi connectivity index (χ1n) is 16.6. The summed E-state index contributed by atoms with van der Waals surface area (Å²) in [5.41, 5.74) is 3.07.